The molecule has 0 aliphatic carbocycles. The molecule has 10 nitrogen and oxygen atoms in total. The first-order chi connectivity index (χ1) is 18.2. The van der Waals surface area contributed by atoms with E-state index in [0.29, 0.717) is 30.6 Å². The second-order valence-corrected chi connectivity index (χ2v) is 9.44. The van der Waals surface area contributed by atoms with E-state index in [4.69, 9.17) is 5.11 Å². The van der Waals surface area contributed by atoms with E-state index in [9.17, 15) is 14.4 Å². The molecule has 0 saturated heterocycles. The molecule has 0 saturated carbocycles. The summed E-state index contributed by atoms with van der Waals surface area (Å²) >= 11 is 0. The molecule has 0 aliphatic rings. The predicted molar refractivity (Wildman–Crippen MR) is 144 cm³/mol. The van der Waals surface area contributed by atoms with Crippen LogP contribution in [0, 0.1) is 13.8 Å². The third-order valence-corrected chi connectivity index (χ3v) is 6.75. The number of benzene rings is 2. The van der Waals surface area contributed by atoms with Gasteiger partial charge in [0.1, 0.15) is 18.2 Å². The Morgan fingerprint density at radius 2 is 1.89 bits per heavy atom. The number of aliphatic carboxylic acids is 1. The lowest BCUT2D eigenvalue weighted by Crippen LogP contribution is -2.24. The van der Waals surface area contributed by atoms with Gasteiger partial charge in [0.05, 0.1) is 6.54 Å². The molecule has 198 valence electrons. The fourth-order valence-corrected chi connectivity index (χ4v) is 4.55. The quantitative estimate of drug-likeness (QED) is 0.293. The second kappa shape index (κ2) is 11.3. The van der Waals surface area contributed by atoms with Crippen LogP contribution in [0.4, 0.5) is 5.69 Å². The van der Waals surface area contributed by atoms with Crippen LogP contribution in [0.1, 0.15) is 58.7 Å². The van der Waals surface area contributed by atoms with E-state index in [1.807, 2.05) is 60.4 Å². The standard InChI is InChI=1S/C28H32N6O4/c1-17-14-34(25-13-22(28(38)29-4)10-11-23(17)25)18(2)27(37)31-24-12-20(15-33-16-30-32-19(33)3)8-9-21(24)6-5-7-26(35)36/h8-14,16,18H,5-7,15H2,1-4H3,(H,29,38)(H,31,37)(H,35,36). The summed E-state index contributed by atoms with van der Waals surface area (Å²) in [6, 6.07) is 10.7. The first-order valence-electron chi connectivity index (χ1n) is 12.5. The van der Waals surface area contributed by atoms with Gasteiger partial charge in [0.15, 0.2) is 0 Å². The summed E-state index contributed by atoms with van der Waals surface area (Å²) in [7, 11) is 1.58. The zero-order chi connectivity index (χ0) is 27.4. The van der Waals surface area contributed by atoms with Crippen molar-refractivity contribution in [2.45, 2.75) is 52.6 Å². The highest BCUT2D eigenvalue weighted by Gasteiger charge is 2.20. The molecule has 0 fully saturated rings. The Morgan fingerprint density at radius 3 is 2.58 bits per heavy atom. The minimum Gasteiger partial charge on any atom is -0.481 e. The molecule has 0 spiro atoms. The van der Waals surface area contributed by atoms with Gasteiger partial charge in [-0.05, 0) is 68.5 Å². The van der Waals surface area contributed by atoms with Crippen molar-refractivity contribution in [3.8, 4) is 0 Å². The van der Waals surface area contributed by atoms with Crippen LogP contribution in [0.5, 0.6) is 0 Å². The summed E-state index contributed by atoms with van der Waals surface area (Å²) in [5.41, 5.74) is 4.79. The maximum absolute atomic E-state index is 13.5. The van der Waals surface area contributed by atoms with Crippen molar-refractivity contribution in [2.24, 2.45) is 0 Å². The minimum atomic E-state index is -0.852. The largest absolute Gasteiger partial charge is 0.481 e. The van der Waals surface area contributed by atoms with Crippen LogP contribution in [-0.2, 0) is 22.6 Å². The number of nitrogens with zero attached hydrogens (tertiary/aromatic N) is 4. The lowest BCUT2D eigenvalue weighted by Gasteiger charge is -2.18. The van der Waals surface area contributed by atoms with Crippen LogP contribution >= 0.6 is 0 Å². The summed E-state index contributed by atoms with van der Waals surface area (Å²) in [6.45, 7) is 6.20. The number of amides is 2. The number of hydrogen-bond acceptors (Lipinski definition) is 5. The molecular formula is C28H32N6O4. The molecule has 1 atom stereocenters. The molecule has 10 heteroatoms. The number of carboxylic acids is 1. The van der Waals surface area contributed by atoms with E-state index in [2.05, 4.69) is 20.8 Å². The van der Waals surface area contributed by atoms with Crippen molar-refractivity contribution >= 4 is 34.4 Å². The Kier molecular flexibility index (Phi) is 7.90. The zero-order valence-electron chi connectivity index (χ0n) is 22.0. The van der Waals surface area contributed by atoms with E-state index < -0.39 is 12.0 Å². The topological polar surface area (TPSA) is 131 Å². The highest BCUT2D eigenvalue weighted by atomic mass is 16.4. The number of rotatable bonds is 10. The van der Waals surface area contributed by atoms with E-state index in [0.717, 1.165) is 33.4 Å². The molecule has 0 aliphatic heterocycles. The van der Waals surface area contributed by atoms with Gasteiger partial charge in [-0.1, -0.05) is 18.2 Å². The molecule has 0 bridgehead atoms. The van der Waals surface area contributed by atoms with E-state index >= 15 is 0 Å². The van der Waals surface area contributed by atoms with Crippen LogP contribution in [0.15, 0.2) is 48.9 Å². The number of aryl methyl sites for hydroxylation is 3. The van der Waals surface area contributed by atoms with Gasteiger partial charge in [-0.15, -0.1) is 10.2 Å². The van der Waals surface area contributed by atoms with Gasteiger partial charge in [0.25, 0.3) is 5.91 Å². The van der Waals surface area contributed by atoms with Crippen molar-refractivity contribution in [3.63, 3.8) is 0 Å². The number of fused-ring (bicyclic) bond motifs is 1. The summed E-state index contributed by atoms with van der Waals surface area (Å²) in [5, 5.41) is 23.7. The summed E-state index contributed by atoms with van der Waals surface area (Å²) in [5.74, 6) is -0.486. The molecule has 4 rings (SSSR count). The highest BCUT2D eigenvalue weighted by molar-refractivity contribution is 6.00. The maximum atomic E-state index is 13.5. The minimum absolute atomic E-state index is 0.0494. The van der Waals surface area contributed by atoms with Gasteiger partial charge in [-0.3, -0.25) is 14.4 Å². The number of carbonyl (C=O) groups excluding carboxylic acids is 2. The molecule has 0 radical (unpaired) electrons. The average Bonchev–Trinajstić information content (AvgIpc) is 3.45. The van der Waals surface area contributed by atoms with Gasteiger partial charge in [0.2, 0.25) is 5.91 Å². The van der Waals surface area contributed by atoms with Gasteiger partial charge in [0, 0.05) is 41.8 Å². The Hall–Kier alpha value is -4.47. The normalized spacial score (nSPS) is 11.9. The van der Waals surface area contributed by atoms with Crippen molar-refractivity contribution in [2.75, 3.05) is 12.4 Å². The second-order valence-electron chi connectivity index (χ2n) is 9.44. The van der Waals surface area contributed by atoms with Gasteiger partial charge in [-0.2, -0.15) is 0 Å². The fraction of sp³-hybridized carbons (Fsp3) is 0.321. The molecule has 2 aromatic carbocycles. The maximum Gasteiger partial charge on any atom is 0.303 e. The third-order valence-electron chi connectivity index (χ3n) is 6.75. The van der Waals surface area contributed by atoms with Gasteiger partial charge < -0.3 is 24.9 Å². The average molecular weight is 517 g/mol. The van der Waals surface area contributed by atoms with E-state index in [1.54, 1.807) is 25.5 Å². The first-order valence-corrected chi connectivity index (χ1v) is 12.5. The smallest absolute Gasteiger partial charge is 0.303 e. The number of carbonyl (C=O) groups is 3. The Bertz CT molecular complexity index is 1500. The van der Waals surface area contributed by atoms with Crippen molar-refractivity contribution in [1.29, 1.82) is 0 Å². The fourth-order valence-electron chi connectivity index (χ4n) is 4.55. The molecule has 2 aromatic heterocycles. The Morgan fingerprint density at radius 1 is 1.11 bits per heavy atom. The number of anilines is 1. The molecule has 38 heavy (non-hydrogen) atoms. The number of aromatic nitrogens is 4. The summed E-state index contributed by atoms with van der Waals surface area (Å²) < 4.78 is 3.79. The first kappa shape index (κ1) is 26.6. The lowest BCUT2D eigenvalue weighted by atomic mass is 10.0. The Labute approximate surface area is 220 Å². The van der Waals surface area contributed by atoms with Crippen LogP contribution < -0.4 is 10.6 Å². The van der Waals surface area contributed by atoms with Crippen LogP contribution in [-0.4, -0.2) is 49.3 Å². The summed E-state index contributed by atoms with van der Waals surface area (Å²) in [6.07, 6.45) is 4.60. The van der Waals surface area contributed by atoms with Crippen molar-refractivity contribution in [3.05, 3.63) is 77.0 Å². The monoisotopic (exact) mass is 516 g/mol. The van der Waals surface area contributed by atoms with Crippen LogP contribution in [0.2, 0.25) is 0 Å². The molecule has 4 aromatic rings. The van der Waals surface area contributed by atoms with Crippen molar-refractivity contribution < 1.29 is 19.5 Å². The van der Waals surface area contributed by atoms with Gasteiger partial charge >= 0.3 is 5.97 Å². The number of nitrogens with one attached hydrogen (secondary N) is 2. The van der Waals surface area contributed by atoms with Crippen LogP contribution in [0.25, 0.3) is 10.9 Å². The van der Waals surface area contributed by atoms with E-state index in [-0.39, 0.29) is 18.2 Å². The summed E-state index contributed by atoms with van der Waals surface area (Å²) in [4.78, 5) is 36.8. The third kappa shape index (κ3) is 5.74. The highest BCUT2D eigenvalue weighted by Crippen LogP contribution is 2.27. The molecule has 3 N–H and O–H groups in total. The Balaban J connectivity index is 1.63. The van der Waals surface area contributed by atoms with Crippen LogP contribution in [0.3, 0.4) is 0 Å². The predicted octanol–water partition coefficient (Wildman–Crippen LogP) is 3.86. The van der Waals surface area contributed by atoms with Gasteiger partial charge in [-0.25, -0.2) is 0 Å². The zero-order valence-corrected chi connectivity index (χ0v) is 22.0. The number of hydrogen-bond donors (Lipinski definition) is 3. The van der Waals surface area contributed by atoms with E-state index in [1.165, 1.54) is 0 Å². The SMILES string of the molecule is CNC(=O)c1ccc2c(C)cn(C(C)C(=O)Nc3cc(Cn4cnnc4C)ccc3CCCC(=O)O)c2c1. The molecule has 1 unspecified atom stereocenters. The lowest BCUT2D eigenvalue weighted by molar-refractivity contribution is -0.137. The molecule has 2 heterocycles. The molecule has 2 amide bonds. The molecular weight excluding hydrogens is 484 g/mol. The van der Waals surface area contributed by atoms with Crippen molar-refractivity contribution in [1.82, 2.24) is 24.6 Å². The number of carboxylic acid groups (broad SMARTS) is 1.